The zero-order valence-electron chi connectivity index (χ0n) is 17.2. The minimum atomic E-state index is -1.11. The molecule has 1 saturated heterocycles. The Labute approximate surface area is 168 Å². The SMILES string of the molecule is CCCCCC[C@@H](C)/C=C(C)/C=C/C(=O)N[C@H]1CC2(C=CC(=O)C=C2)OC1O. The molecule has 2 N–H and O–H groups in total. The van der Waals surface area contributed by atoms with Crippen LogP contribution in [0.2, 0.25) is 0 Å². The summed E-state index contributed by atoms with van der Waals surface area (Å²) in [5, 5.41) is 12.9. The van der Waals surface area contributed by atoms with E-state index in [1.54, 1.807) is 18.2 Å². The van der Waals surface area contributed by atoms with Gasteiger partial charge in [-0.1, -0.05) is 57.3 Å². The average Bonchev–Trinajstić information content (AvgIpc) is 2.95. The zero-order valence-corrected chi connectivity index (χ0v) is 17.2. The van der Waals surface area contributed by atoms with Gasteiger partial charge in [-0.2, -0.15) is 0 Å². The molecule has 154 valence electrons. The van der Waals surface area contributed by atoms with Crippen LogP contribution < -0.4 is 5.32 Å². The number of hydrogen-bond acceptors (Lipinski definition) is 4. The lowest BCUT2D eigenvalue weighted by Gasteiger charge is -2.22. The Morgan fingerprint density at radius 3 is 2.71 bits per heavy atom. The molecule has 5 nitrogen and oxygen atoms in total. The van der Waals surface area contributed by atoms with Crippen molar-refractivity contribution in [2.24, 2.45) is 5.92 Å². The van der Waals surface area contributed by atoms with Crippen molar-refractivity contribution in [2.45, 2.75) is 77.2 Å². The lowest BCUT2D eigenvalue weighted by Crippen LogP contribution is -2.39. The number of nitrogens with one attached hydrogen (secondary N) is 1. The molecule has 2 aliphatic rings. The molecule has 2 rings (SSSR count). The molecule has 0 aromatic heterocycles. The molecule has 1 fully saturated rings. The van der Waals surface area contributed by atoms with Gasteiger partial charge in [0.1, 0.15) is 5.60 Å². The van der Waals surface area contributed by atoms with E-state index < -0.39 is 17.9 Å². The summed E-state index contributed by atoms with van der Waals surface area (Å²) in [5.74, 6) is 0.107. The molecule has 1 spiro atoms. The third-order valence-electron chi connectivity index (χ3n) is 5.17. The Morgan fingerprint density at radius 1 is 1.32 bits per heavy atom. The summed E-state index contributed by atoms with van der Waals surface area (Å²) in [5.41, 5.74) is 0.229. The average molecular weight is 388 g/mol. The summed E-state index contributed by atoms with van der Waals surface area (Å²) in [6.45, 7) is 6.40. The molecule has 1 amide bonds. The van der Waals surface area contributed by atoms with Crippen molar-refractivity contribution in [2.75, 3.05) is 0 Å². The molecule has 3 atom stereocenters. The maximum Gasteiger partial charge on any atom is 0.244 e. The predicted molar refractivity (Wildman–Crippen MR) is 110 cm³/mol. The van der Waals surface area contributed by atoms with E-state index in [-0.39, 0.29) is 11.7 Å². The minimum Gasteiger partial charge on any atom is -0.366 e. The number of aliphatic hydroxyl groups is 1. The smallest absolute Gasteiger partial charge is 0.244 e. The number of aliphatic hydroxyl groups excluding tert-OH is 1. The summed E-state index contributed by atoms with van der Waals surface area (Å²) in [4.78, 5) is 23.5. The molecule has 0 aromatic carbocycles. The van der Waals surface area contributed by atoms with E-state index in [2.05, 4.69) is 25.2 Å². The number of ether oxygens (including phenoxy) is 1. The van der Waals surface area contributed by atoms with E-state index in [4.69, 9.17) is 4.74 Å². The van der Waals surface area contributed by atoms with E-state index in [0.717, 1.165) is 12.0 Å². The van der Waals surface area contributed by atoms with Crippen molar-refractivity contribution in [3.8, 4) is 0 Å². The van der Waals surface area contributed by atoms with Gasteiger partial charge < -0.3 is 15.2 Å². The number of allylic oxidation sites excluding steroid dienone is 5. The lowest BCUT2D eigenvalue weighted by molar-refractivity contribution is -0.126. The van der Waals surface area contributed by atoms with Crippen LogP contribution in [0, 0.1) is 5.92 Å². The molecule has 0 radical (unpaired) electrons. The quantitative estimate of drug-likeness (QED) is 0.359. The van der Waals surface area contributed by atoms with Gasteiger partial charge in [-0.15, -0.1) is 0 Å². The van der Waals surface area contributed by atoms with Crippen LogP contribution in [0.25, 0.3) is 0 Å². The fourth-order valence-electron chi connectivity index (χ4n) is 3.61. The number of carbonyl (C=O) groups excluding carboxylic acids is 2. The highest BCUT2D eigenvalue weighted by molar-refractivity contribution is 6.00. The third kappa shape index (κ3) is 6.88. The number of amides is 1. The zero-order chi connectivity index (χ0) is 20.6. The number of hydrogen-bond donors (Lipinski definition) is 2. The third-order valence-corrected chi connectivity index (χ3v) is 5.17. The van der Waals surface area contributed by atoms with Gasteiger partial charge >= 0.3 is 0 Å². The van der Waals surface area contributed by atoms with E-state index in [1.807, 2.05) is 6.92 Å². The molecule has 1 aliphatic heterocycles. The normalized spacial score (nSPS) is 25.0. The van der Waals surface area contributed by atoms with Crippen LogP contribution in [0.4, 0.5) is 0 Å². The topological polar surface area (TPSA) is 75.6 Å². The summed E-state index contributed by atoms with van der Waals surface area (Å²) < 4.78 is 5.56. The molecule has 5 heteroatoms. The molecular formula is C23H33NO4. The van der Waals surface area contributed by atoms with Crippen molar-refractivity contribution >= 4 is 11.7 Å². The van der Waals surface area contributed by atoms with Crippen LogP contribution in [-0.2, 0) is 14.3 Å². The first kappa shape index (κ1) is 22.3. The minimum absolute atomic E-state index is 0.110. The largest absolute Gasteiger partial charge is 0.366 e. The fraction of sp³-hybridized carbons (Fsp3) is 0.565. The first-order valence-electron chi connectivity index (χ1n) is 10.3. The maximum atomic E-state index is 12.2. The van der Waals surface area contributed by atoms with Gasteiger partial charge in [-0.3, -0.25) is 9.59 Å². The van der Waals surface area contributed by atoms with Gasteiger partial charge in [0, 0.05) is 12.5 Å². The number of rotatable bonds is 9. The van der Waals surface area contributed by atoms with E-state index >= 15 is 0 Å². The molecule has 1 aliphatic carbocycles. The van der Waals surface area contributed by atoms with E-state index in [0.29, 0.717) is 12.3 Å². The first-order chi connectivity index (χ1) is 13.3. The lowest BCUT2D eigenvalue weighted by atomic mass is 9.92. The second-order valence-electron chi connectivity index (χ2n) is 7.92. The van der Waals surface area contributed by atoms with Crippen molar-refractivity contribution in [3.63, 3.8) is 0 Å². The standard InChI is InChI=1S/C23H33NO4/c1-4-5-6-7-8-17(2)15-18(3)9-10-21(26)24-20-16-23(28-22(20)27)13-11-19(25)12-14-23/h9-15,17,20,22,27H,4-8,16H2,1-3H3,(H,24,26)/b10-9+,18-15+/t17-,20+,22?/m1/s1. The number of ketones is 1. The number of carbonyl (C=O) groups is 2. The highest BCUT2D eigenvalue weighted by Crippen LogP contribution is 2.34. The molecular weight excluding hydrogens is 354 g/mol. The van der Waals surface area contributed by atoms with Crippen LogP contribution in [0.15, 0.2) is 48.1 Å². The highest BCUT2D eigenvalue weighted by atomic mass is 16.6. The van der Waals surface area contributed by atoms with Crippen LogP contribution in [-0.4, -0.2) is 34.7 Å². The highest BCUT2D eigenvalue weighted by Gasteiger charge is 2.44. The van der Waals surface area contributed by atoms with Crippen LogP contribution in [0.5, 0.6) is 0 Å². The summed E-state index contributed by atoms with van der Waals surface area (Å²) in [7, 11) is 0. The Morgan fingerprint density at radius 2 is 2.04 bits per heavy atom. The molecule has 1 unspecified atom stereocenters. The second kappa shape index (κ2) is 10.5. The van der Waals surface area contributed by atoms with E-state index in [9.17, 15) is 14.7 Å². The summed E-state index contributed by atoms with van der Waals surface area (Å²) >= 11 is 0. The first-order valence-corrected chi connectivity index (χ1v) is 10.3. The van der Waals surface area contributed by atoms with Gasteiger partial charge in [0.15, 0.2) is 12.1 Å². The van der Waals surface area contributed by atoms with Crippen LogP contribution in [0.3, 0.4) is 0 Å². The summed E-state index contributed by atoms with van der Waals surface area (Å²) in [6.07, 6.45) is 17.1. The summed E-state index contributed by atoms with van der Waals surface area (Å²) in [6, 6.07) is -0.526. The molecule has 0 aromatic rings. The second-order valence-corrected chi connectivity index (χ2v) is 7.92. The van der Waals surface area contributed by atoms with Crippen LogP contribution >= 0.6 is 0 Å². The predicted octanol–water partition coefficient (Wildman–Crippen LogP) is 3.75. The van der Waals surface area contributed by atoms with Crippen molar-refractivity contribution in [1.29, 1.82) is 0 Å². The van der Waals surface area contributed by atoms with Gasteiger partial charge in [0.2, 0.25) is 5.91 Å². The Bertz CT molecular complexity index is 658. The Balaban J connectivity index is 1.81. The number of unbranched alkanes of at least 4 members (excludes halogenated alkanes) is 3. The Kier molecular flexibility index (Phi) is 8.39. The molecule has 0 bridgehead atoms. The van der Waals surface area contributed by atoms with Crippen molar-refractivity contribution in [1.82, 2.24) is 5.32 Å². The van der Waals surface area contributed by atoms with Crippen molar-refractivity contribution < 1.29 is 19.4 Å². The molecule has 1 heterocycles. The maximum absolute atomic E-state index is 12.2. The fourth-order valence-corrected chi connectivity index (χ4v) is 3.61. The van der Waals surface area contributed by atoms with Crippen LogP contribution in [0.1, 0.15) is 59.3 Å². The van der Waals surface area contributed by atoms with Gasteiger partial charge in [-0.25, -0.2) is 0 Å². The van der Waals surface area contributed by atoms with Gasteiger partial charge in [0.25, 0.3) is 0 Å². The van der Waals surface area contributed by atoms with Gasteiger partial charge in [-0.05, 0) is 43.6 Å². The molecule has 0 saturated carbocycles. The van der Waals surface area contributed by atoms with Crippen molar-refractivity contribution in [3.05, 3.63) is 48.1 Å². The molecule has 28 heavy (non-hydrogen) atoms. The Hall–Kier alpha value is -1.98. The van der Waals surface area contributed by atoms with Gasteiger partial charge in [0.05, 0.1) is 6.04 Å². The van der Waals surface area contributed by atoms with E-state index in [1.165, 1.54) is 43.9 Å². The monoisotopic (exact) mass is 387 g/mol.